The van der Waals surface area contributed by atoms with E-state index < -0.39 is 5.97 Å². The minimum atomic E-state index is -0.701. The van der Waals surface area contributed by atoms with Crippen molar-refractivity contribution < 1.29 is 28.6 Å². The highest BCUT2D eigenvalue weighted by Gasteiger charge is 2.35. The average molecular weight is 510 g/mol. The Morgan fingerprint density at radius 1 is 1.26 bits per heavy atom. The molecule has 1 N–H and O–H groups in total. The van der Waals surface area contributed by atoms with Crippen LogP contribution in [0, 0.1) is 0 Å². The highest BCUT2D eigenvalue weighted by Crippen LogP contribution is 2.38. The summed E-state index contributed by atoms with van der Waals surface area (Å²) < 4.78 is 16.6. The molecular formula is C23H28ClN3O6S. The minimum absolute atomic E-state index is 0.0123. The summed E-state index contributed by atoms with van der Waals surface area (Å²) in [5.41, 5.74) is 3.83. The second-order valence-electron chi connectivity index (χ2n) is 7.66. The van der Waals surface area contributed by atoms with Gasteiger partial charge in [-0.2, -0.15) is 0 Å². The van der Waals surface area contributed by atoms with Crippen LogP contribution in [-0.2, 0) is 14.4 Å². The van der Waals surface area contributed by atoms with Crippen LogP contribution in [0.5, 0.6) is 11.5 Å². The quantitative estimate of drug-likeness (QED) is 0.229. The molecule has 0 radical (unpaired) electrons. The number of ether oxygens (including phenoxy) is 3. The Hall–Kier alpha value is -2.56. The first-order valence-corrected chi connectivity index (χ1v) is 12.5. The molecule has 34 heavy (non-hydrogen) atoms. The lowest BCUT2D eigenvalue weighted by molar-refractivity contribution is -0.148. The van der Waals surface area contributed by atoms with Crippen LogP contribution < -0.4 is 15.0 Å². The normalized spacial score (nSPS) is 19.9. The van der Waals surface area contributed by atoms with Crippen molar-refractivity contribution in [3.8, 4) is 11.5 Å². The zero-order chi connectivity index (χ0) is 24.7. The second-order valence-corrected chi connectivity index (χ2v) is 8.84. The van der Waals surface area contributed by atoms with Crippen molar-refractivity contribution in [2.75, 3.05) is 20.0 Å². The molecule has 0 aliphatic heterocycles. The van der Waals surface area contributed by atoms with Crippen molar-refractivity contribution in [2.45, 2.75) is 56.3 Å². The molecule has 1 aromatic carbocycles. The molecule has 1 fully saturated rings. The number of halogens is 1. The second kappa shape index (κ2) is 12.2. The van der Waals surface area contributed by atoms with Crippen LogP contribution in [0.2, 0.25) is 5.02 Å². The number of hydrogen-bond acceptors (Lipinski definition) is 10. The number of benzene rings is 1. The summed E-state index contributed by atoms with van der Waals surface area (Å²) in [7, 11) is 1.58. The van der Waals surface area contributed by atoms with Crippen LogP contribution in [0.1, 0.15) is 55.1 Å². The Kier molecular flexibility index (Phi) is 9.37. The number of carbonyl (C=O) groups excluding carboxylic acids is 2. The SMILES string of the molecule is CCOc1cc([C@H]2C[C@H](OC(C)=O)CC[C@H]2NOC(=O)c2nc(SC)ncc2Cl)ccc1OC. The van der Waals surface area contributed by atoms with E-state index in [0.717, 1.165) is 5.56 Å². The van der Waals surface area contributed by atoms with Crippen LogP contribution in [0.25, 0.3) is 0 Å². The largest absolute Gasteiger partial charge is 0.493 e. The number of nitrogens with zero attached hydrogens (tertiary/aromatic N) is 2. The van der Waals surface area contributed by atoms with Crippen molar-refractivity contribution in [1.29, 1.82) is 0 Å². The number of nitrogens with one attached hydrogen (secondary N) is 1. The predicted molar refractivity (Wildman–Crippen MR) is 127 cm³/mol. The first-order chi connectivity index (χ1) is 16.4. The summed E-state index contributed by atoms with van der Waals surface area (Å²) >= 11 is 7.39. The Bertz CT molecular complexity index is 1020. The Labute approximate surface area is 207 Å². The monoisotopic (exact) mass is 509 g/mol. The maximum Gasteiger partial charge on any atom is 0.377 e. The molecule has 1 aliphatic carbocycles. The van der Waals surface area contributed by atoms with Gasteiger partial charge in [0.25, 0.3) is 0 Å². The van der Waals surface area contributed by atoms with Gasteiger partial charge in [-0.25, -0.2) is 14.8 Å². The number of rotatable bonds is 9. The molecule has 1 saturated carbocycles. The molecule has 3 atom stereocenters. The van der Waals surface area contributed by atoms with Gasteiger partial charge in [-0.3, -0.25) is 4.79 Å². The van der Waals surface area contributed by atoms with Gasteiger partial charge in [0.15, 0.2) is 22.3 Å². The van der Waals surface area contributed by atoms with Crippen molar-refractivity contribution in [2.24, 2.45) is 0 Å². The van der Waals surface area contributed by atoms with E-state index in [4.69, 9.17) is 30.6 Å². The zero-order valence-electron chi connectivity index (χ0n) is 19.5. The van der Waals surface area contributed by atoms with Gasteiger partial charge in [0, 0.05) is 12.8 Å². The van der Waals surface area contributed by atoms with Crippen molar-refractivity contribution >= 4 is 35.3 Å². The fourth-order valence-electron chi connectivity index (χ4n) is 3.95. The molecule has 0 saturated heterocycles. The summed E-state index contributed by atoms with van der Waals surface area (Å²) in [6, 6.07) is 5.44. The lowest BCUT2D eigenvalue weighted by Crippen LogP contribution is -2.42. The van der Waals surface area contributed by atoms with Gasteiger partial charge in [0.2, 0.25) is 0 Å². The van der Waals surface area contributed by atoms with Crippen LogP contribution in [0.15, 0.2) is 29.6 Å². The summed E-state index contributed by atoms with van der Waals surface area (Å²) in [4.78, 5) is 37.8. The number of hydrogen-bond donors (Lipinski definition) is 1. The number of esters is 1. The number of thioether (sulfide) groups is 1. The summed E-state index contributed by atoms with van der Waals surface area (Å²) in [6.07, 6.45) is 4.72. The molecule has 1 heterocycles. The van der Waals surface area contributed by atoms with E-state index in [2.05, 4.69) is 15.4 Å². The van der Waals surface area contributed by atoms with E-state index in [0.29, 0.717) is 42.5 Å². The first-order valence-electron chi connectivity index (χ1n) is 10.9. The Balaban J connectivity index is 1.81. The van der Waals surface area contributed by atoms with E-state index in [1.54, 1.807) is 13.4 Å². The minimum Gasteiger partial charge on any atom is -0.493 e. The van der Waals surface area contributed by atoms with E-state index in [1.807, 2.05) is 25.1 Å². The lowest BCUT2D eigenvalue weighted by Gasteiger charge is -2.36. The highest BCUT2D eigenvalue weighted by atomic mass is 35.5. The van der Waals surface area contributed by atoms with Crippen LogP contribution >= 0.6 is 23.4 Å². The van der Waals surface area contributed by atoms with Crippen molar-refractivity contribution in [1.82, 2.24) is 15.4 Å². The van der Waals surface area contributed by atoms with E-state index in [-0.39, 0.29) is 34.7 Å². The molecule has 0 spiro atoms. The number of carbonyl (C=O) groups is 2. The van der Waals surface area contributed by atoms with E-state index in [1.165, 1.54) is 24.9 Å². The number of methoxy groups -OCH3 is 1. The van der Waals surface area contributed by atoms with Gasteiger partial charge in [-0.1, -0.05) is 29.4 Å². The Morgan fingerprint density at radius 2 is 2.06 bits per heavy atom. The van der Waals surface area contributed by atoms with E-state index in [9.17, 15) is 9.59 Å². The summed E-state index contributed by atoms with van der Waals surface area (Å²) in [5, 5.41) is 0.522. The van der Waals surface area contributed by atoms with Gasteiger partial charge in [0.05, 0.1) is 31.0 Å². The number of aromatic nitrogens is 2. The Morgan fingerprint density at radius 3 is 2.74 bits per heavy atom. The molecule has 11 heteroatoms. The van der Waals surface area contributed by atoms with Gasteiger partial charge < -0.3 is 19.0 Å². The molecule has 1 aliphatic rings. The predicted octanol–water partition coefficient (Wildman–Crippen LogP) is 4.19. The highest BCUT2D eigenvalue weighted by molar-refractivity contribution is 7.98. The molecule has 184 valence electrons. The van der Waals surface area contributed by atoms with Gasteiger partial charge in [-0.05, 0) is 50.1 Å². The van der Waals surface area contributed by atoms with Crippen molar-refractivity contribution in [3.05, 3.63) is 40.7 Å². The van der Waals surface area contributed by atoms with Gasteiger partial charge in [-0.15, -0.1) is 5.48 Å². The lowest BCUT2D eigenvalue weighted by atomic mass is 9.79. The maximum atomic E-state index is 12.7. The van der Waals surface area contributed by atoms with Gasteiger partial charge >= 0.3 is 11.9 Å². The van der Waals surface area contributed by atoms with Crippen molar-refractivity contribution in [3.63, 3.8) is 0 Å². The maximum absolute atomic E-state index is 12.7. The van der Waals surface area contributed by atoms with Crippen LogP contribution in [0.3, 0.4) is 0 Å². The fourth-order valence-corrected chi connectivity index (χ4v) is 4.45. The van der Waals surface area contributed by atoms with Gasteiger partial charge in [0.1, 0.15) is 6.10 Å². The molecular weight excluding hydrogens is 482 g/mol. The standard InChI is InChI=1S/C23H28ClN3O6S/c1-5-31-20-10-14(6-9-19(20)30-3)16-11-15(32-13(2)28)7-8-18(16)27-33-22(29)21-17(24)12-25-23(26-21)34-4/h6,9-10,12,15-16,18,27H,5,7-8,11H2,1-4H3/t15-,16-,18-/m1/s1. The van der Waals surface area contributed by atoms with E-state index >= 15 is 0 Å². The van der Waals surface area contributed by atoms with Crippen LogP contribution in [0.4, 0.5) is 0 Å². The summed E-state index contributed by atoms with van der Waals surface area (Å²) in [5.74, 6) is 0.0864. The smallest absolute Gasteiger partial charge is 0.377 e. The first kappa shape index (κ1) is 26.1. The average Bonchev–Trinajstić information content (AvgIpc) is 2.83. The molecule has 0 unspecified atom stereocenters. The number of hydroxylamine groups is 1. The topological polar surface area (TPSA) is 109 Å². The molecule has 9 nitrogen and oxygen atoms in total. The molecule has 0 amide bonds. The third-order valence-corrected chi connectivity index (χ3v) is 6.29. The molecule has 0 bridgehead atoms. The molecule has 2 aromatic rings. The third-order valence-electron chi connectivity index (χ3n) is 5.45. The third kappa shape index (κ3) is 6.52. The summed E-state index contributed by atoms with van der Waals surface area (Å²) in [6.45, 7) is 3.78. The fraction of sp³-hybridized carbons (Fsp3) is 0.478. The zero-order valence-corrected chi connectivity index (χ0v) is 21.1. The van der Waals surface area contributed by atoms with Crippen LogP contribution in [-0.4, -0.2) is 54.0 Å². The molecule has 3 rings (SSSR count). The molecule has 1 aromatic heterocycles.